The van der Waals surface area contributed by atoms with Gasteiger partial charge in [-0.2, -0.15) is 0 Å². The third-order valence-corrected chi connectivity index (χ3v) is 11.2. The number of rotatable bonds is 7. The number of imidazole rings is 1. The number of hydrogen-bond donors (Lipinski definition) is 1. The van der Waals surface area contributed by atoms with E-state index in [0.717, 1.165) is 83.5 Å². The summed E-state index contributed by atoms with van der Waals surface area (Å²) < 4.78 is 2.28. The molecule has 6 heteroatoms. The van der Waals surface area contributed by atoms with Crippen molar-refractivity contribution in [2.24, 2.45) is 9.98 Å². The van der Waals surface area contributed by atoms with Gasteiger partial charge in [0, 0.05) is 45.5 Å². The number of amidine groups is 2. The van der Waals surface area contributed by atoms with Crippen LogP contribution in [0.4, 0.5) is 0 Å². The molecule has 8 aromatic carbocycles. The molecule has 0 fully saturated rings. The second-order valence-electron chi connectivity index (χ2n) is 14.7. The second-order valence-corrected chi connectivity index (χ2v) is 14.7. The standard InChI is InChI=1S/C53H36N6/c1-4-12-35(13-5-1)36-20-26-40(27-21-36)51-56-50(39-14-6-2-7-15-39)57-52(58-51)41-28-22-37(23-29-41)38-24-30-42(31-25-38)53-55-48-46-19-11-10-18-44(46)45-32-33-54-34-47(45)49(48)59(53)43-16-8-3-9-17-43/h1-34,50H,(H,56,57,58). The lowest BCUT2D eigenvalue weighted by Crippen LogP contribution is -2.33. The molecule has 3 heterocycles. The number of para-hydroxylation sites is 1. The quantitative estimate of drug-likeness (QED) is 0.165. The number of pyridine rings is 1. The summed E-state index contributed by atoms with van der Waals surface area (Å²) in [6.45, 7) is 0. The van der Waals surface area contributed by atoms with Crippen LogP contribution >= 0.6 is 0 Å². The van der Waals surface area contributed by atoms with E-state index in [2.05, 4.69) is 179 Å². The van der Waals surface area contributed by atoms with E-state index in [1.165, 1.54) is 10.9 Å². The molecule has 59 heavy (non-hydrogen) atoms. The van der Waals surface area contributed by atoms with E-state index in [1.807, 2.05) is 42.7 Å². The highest BCUT2D eigenvalue weighted by molar-refractivity contribution is 6.24. The molecule has 6 nitrogen and oxygen atoms in total. The molecule has 1 unspecified atom stereocenters. The minimum atomic E-state index is -0.271. The van der Waals surface area contributed by atoms with Crippen LogP contribution in [0.15, 0.2) is 217 Å². The largest absolute Gasteiger partial charge is 0.344 e. The summed E-state index contributed by atoms with van der Waals surface area (Å²) >= 11 is 0. The third-order valence-electron chi connectivity index (χ3n) is 11.2. The molecule has 1 atom stereocenters. The minimum absolute atomic E-state index is 0.271. The average molecular weight is 757 g/mol. The highest BCUT2D eigenvalue weighted by Gasteiger charge is 2.22. The molecule has 0 radical (unpaired) electrons. The van der Waals surface area contributed by atoms with Gasteiger partial charge in [-0.15, -0.1) is 0 Å². The van der Waals surface area contributed by atoms with Crippen molar-refractivity contribution in [3.8, 4) is 39.3 Å². The lowest BCUT2D eigenvalue weighted by atomic mass is 10.0. The van der Waals surface area contributed by atoms with Crippen LogP contribution in [0, 0.1) is 0 Å². The smallest absolute Gasteiger partial charge is 0.159 e. The van der Waals surface area contributed by atoms with E-state index in [9.17, 15) is 0 Å². The summed E-state index contributed by atoms with van der Waals surface area (Å²) in [6, 6.07) is 67.7. The van der Waals surface area contributed by atoms with Gasteiger partial charge in [0.25, 0.3) is 0 Å². The molecule has 0 saturated heterocycles. The molecule has 1 aliphatic rings. The zero-order valence-corrected chi connectivity index (χ0v) is 31.9. The van der Waals surface area contributed by atoms with Gasteiger partial charge in [0.15, 0.2) is 5.84 Å². The van der Waals surface area contributed by atoms with Gasteiger partial charge in [-0.1, -0.05) is 176 Å². The lowest BCUT2D eigenvalue weighted by molar-refractivity contribution is 0.674. The zero-order valence-electron chi connectivity index (χ0n) is 31.9. The summed E-state index contributed by atoms with van der Waals surface area (Å²) in [5.74, 6) is 2.37. The molecule has 1 N–H and O–H groups in total. The fraction of sp³-hybridized carbons (Fsp3) is 0.0189. The van der Waals surface area contributed by atoms with Crippen LogP contribution in [-0.4, -0.2) is 26.2 Å². The number of nitrogens with zero attached hydrogens (tertiary/aromatic N) is 5. The first-order valence-corrected chi connectivity index (χ1v) is 19.8. The Kier molecular flexibility index (Phi) is 8.44. The summed E-state index contributed by atoms with van der Waals surface area (Å²) in [7, 11) is 0. The number of benzene rings is 8. The fourth-order valence-electron chi connectivity index (χ4n) is 8.23. The average Bonchev–Trinajstić information content (AvgIpc) is 3.74. The molecule has 11 rings (SSSR count). The third kappa shape index (κ3) is 6.24. The molecule has 0 amide bonds. The Morgan fingerprint density at radius 3 is 1.64 bits per heavy atom. The van der Waals surface area contributed by atoms with E-state index < -0.39 is 0 Å². The maximum Gasteiger partial charge on any atom is 0.159 e. The maximum atomic E-state index is 5.38. The monoisotopic (exact) mass is 756 g/mol. The first kappa shape index (κ1) is 34.3. The molecule has 1 aliphatic heterocycles. The van der Waals surface area contributed by atoms with Gasteiger partial charge in [-0.3, -0.25) is 9.55 Å². The normalized spacial score (nSPS) is 13.9. The van der Waals surface area contributed by atoms with Gasteiger partial charge in [-0.25, -0.2) is 15.0 Å². The van der Waals surface area contributed by atoms with Crippen molar-refractivity contribution in [3.05, 3.63) is 223 Å². The Bertz CT molecular complexity index is 3190. The van der Waals surface area contributed by atoms with Gasteiger partial charge in [0.2, 0.25) is 0 Å². The van der Waals surface area contributed by atoms with Gasteiger partial charge < -0.3 is 5.32 Å². The Balaban J connectivity index is 0.938. The van der Waals surface area contributed by atoms with Crippen molar-refractivity contribution in [2.75, 3.05) is 0 Å². The molecule has 0 saturated carbocycles. The Labute approximate surface area is 341 Å². The minimum Gasteiger partial charge on any atom is -0.344 e. The fourth-order valence-corrected chi connectivity index (χ4v) is 8.23. The van der Waals surface area contributed by atoms with Crippen molar-refractivity contribution in [2.45, 2.75) is 6.17 Å². The number of aliphatic imine (C=N–C) groups is 2. The molecule has 2 aromatic heterocycles. The molecule has 10 aromatic rings. The van der Waals surface area contributed by atoms with E-state index in [-0.39, 0.29) is 6.17 Å². The van der Waals surface area contributed by atoms with E-state index in [1.54, 1.807) is 0 Å². The van der Waals surface area contributed by atoms with Gasteiger partial charge in [0.05, 0.1) is 11.0 Å². The van der Waals surface area contributed by atoms with Crippen LogP contribution in [0.25, 0.3) is 71.9 Å². The molecule has 0 spiro atoms. The predicted octanol–water partition coefficient (Wildman–Crippen LogP) is 12.2. The number of hydrogen-bond acceptors (Lipinski definition) is 5. The van der Waals surface area contributed by atoms with Gasteiger partial charge in [0.1, 0.15) is 17.8 Å². The number of aromatic nitrogens is 3. The van der Waals surface area contributed by atoms with Crippen molar-refractivity contribution < 1.29 is 0 Å². The van der Waals surface area contributed by atoms with Crippen molar-refractivity contribution in [1.82, 2.24) is 19.9 Å². The Morgan fingerprint density at radius 1 is 0.441 bits per heavy atom. The zero-order chi connectivity index (χ0) is 39.1. The molecule has 0 aliphatic carbocycles. The first-order valence-electron chi connectivity index (χ1n) is 19.8. The summed E-state index contributed by atoms with van der Waals surface area (Å²) in [4.78, 5) is 20.1. The maximum absolute atomic E-state index is 5.38. The molecule has 278 valence electrons. The Hall–Kier alpha value is -7.96. The van der Waals surface area contributed by atoms with Crippen LogP contribution in [0.2, 0.25) is 0 Å². The van der Waals surface area contributed by atoms with Crippen molar-refractivity contribution >= 4 is 44.2 Å². The summed E-state index contributed by atoms with van der Waals surface area (Å²) in [6.07, 6.45) is 3.57. The van der Waals surface area contributed by atoms with Crippen LogP contribution in [0.1, 0.15) is 22.9 Å². The van der Waals surface area contributed by atoms with Crippen LogP contribution in [0.3, 0.4) is 0 Å². The van der Waals surface area contributed by atoms with E-state index >= 15 is 0 Å². The van der Waals surface area contributed by atoms with Crippen LogP contribution in [-0.2, 0) is 0 Å². The lowest BCUT2D eigenvalue weighted by Gasteiger charge is -2.24. The number of fused-ring (bicyclic) bond motifs is 6. The second kappa shape index (κ2) is 14.5. The number of nitrogens with one attached hydrogen (secondary N) is 1. The predicted molar refractivity (Wildman–Crippen MR) is 242 cm³/mol. The van der Waals surface area contributed by atoms with Gasteiger partial charge in [-0.05, 0) is 56.8 Å². The van der Waals surface area contributed by atoms with Crippen LogP contribution in [0.5, 0.6) is 0 Å². The first-order chi connectivity index (χ1) is 29.2. The van der Waals surface area contributed by atoms with Crippen LogP contribution < -0.4 is 5.32 Å². The molecular formula is C53H36N6. The highest BCUT2D eigenvalue weighted by atomic mass is 15.2. The highest BCUT2D eigenvalue weighted by Crippen LogP contribution is 2.39. The van der Waals surface area contributed by atoms with E-state index in [4.69, 9.17) is 15.0 Å². The Morgan fingerprint density at radius 2 is 0.966 bits per heavy atom. The summed E-state index contributed by atoms with van der Waals surface area (Å²) in [5, 5.41) is 8.15. The van der Waals surface area contributed by atoms with E-state index in [0.29, 0.717) is 5.84 Å². The topological polar surface area (TPSA) is 67.5 Å². The van der Waals surface area contributed by atoms with Crippen molar-refractivity contribution in [3.63, 3.8) is 0 Å². The summed E-state index contributed by atoms with van der Waals surface area (Å²) in [5.41, 5.74) is 11.7. The molecule has 0 bridgehead atoms. The SMILES string of the molecule is c1ccc(-c2ccc(C3=NC(c4ccccc4)NC(c4ccc(-c5ccc(-c6nc7c8ccccc8c8ccncc8c7n6-c6ccccc6)cc5)cc4)=N3)cc2)cc1. The van der Waals surface area contributed by atoms with Gasteiger partial charge >= 0.3 is 0 Å². The van der Waals surface area contributed by atoms with Crippen molar-refractivity contribution in [1.29, 1.82) is 0 Å². The molecular weight excluding hydrogens is 721 g/mol.